The number of rotatable bonds is 4. The van der Waals surface area contributed by atoms with E-state index < -0.39 is 0 Å². The van der Waals surface area contributed by atoms with E-state index in [2.05, 4.69) is 15.2 Å². The van der Waals surface area contributed by atoms with Crippen molar-refractivity contribution < 1.29 is 4.79 Å². The Labute approximate surface area is 110 Å². The average Bonchev–Trinajstić information content (AvgIpc) is 2.74. The molecule has 2 heterocycles. The molecule has 0 spiro atoms. The van der Waals surface area contributed by atoms with Gasteiger partial charge in [-0.15, -0.1) is 11.3 Å². The molecule has 0 atom stereocenters. The predicted molar refractivity (Wildman–Crippen MR) is 71.0 cm³/mol. The highest BCUT2D eigenvalue weighted by atomic mass is 32.1. The number of Topliss-reactive ketones (excluding diaryl/α,β-unsaturated/α-hetero) is 1. The van der Waals surface area contributed by atoms with Crippen LogP contribution in [0.25, 0.3) is 0 Å². The fraction of sp³-hybridized carbons (Fsp3) is 0.385. The van der Waals surface area contributed by atoms with Crippen molar-refractivity contribution in [2.24, 2.45) is 0 Å². The highest BCUT2D eigenvalue weighted by molar-refractivity contribution is 7.09. The lowest BCUT2D eigenvalue weighted by molar-refractivity contribution is 0.0990. The molecule has 0 unspecified atom stereocenters. The summed E-state index contributed by atoms with van der Waals surface area (Å²) < 4.78 is 0. The molecule has 0 radical (unpaired) electrons. The molecule has 18 heavy (non-hydrogen) atoms. The summed E-state index contributed by atoms with van der Waals surface area (Å²) in [6.07, 6.45) is 1.05. The van der Waals surface area contributed by atoms with E-state index in [0.29, 0.717) is 18.4 Å². The average molecular weight is 261 g/mol. The smallest absolute Gasteiger partial charge is 0.170 e. The molecule has 0 saturated heterocycles. The van der Waals surface area contributed by atoms with Gasteiger partial charge in [-0.05, 0) is 26.3 Å². The van der Waals surface area contributed by atoms with Crippen LogP contribution in [-0.2, 0) is 12.8 Å². The van der Waals surface area contributed by atoms with E-state index in [1.165, 1.54) is 0 Å². The Kier molecular flexibility index (Phi) is 3.81. The maximum atomic E-state index is 12.3. The van der Waals surface area contributed by atoms with Crippen LogP contribution in [0.15, 0.2) is 11.4 Å². The van der Waals surface area contributed by atoms with Crippen molar-refractivity contribution in [3.8, 4) is 0 Å². The van der Waals surface area contributed by atoms with Crippen LogP contribution in [0.4, 0.5) is 0 Å². The second-order valence-electron chi connectivity index (χ2n) is 4.16. The highest BCUT2D eigenvalue weighted by Gasteiger charge is 2.14. The molecule has 0 aliphatic heterocycles. The maximum Gasteiger partial charge on any atom is 0.170 e. The molecule has 0 N–H and O–H groups in total. The Balaban J connectivity index is 2.25. The van der Waals surface area contributed by atoms with E-state index in [4.69, 9.17) is 0 Å². The number of carbonyl (C=O) groups excluding carboxylic acids is 1. The zero-order valence-electron chi connectivity index (χ0n) is 10.7. The van der Waals surface area contributed by atoms with E-state index in [0.717, 1.165) is 22.1 Å². The van der Waals surface area contributed by atoms with Gasteiger partial charge in [0, 0.05) is 10.9 Å². The number of hydrogen-bond acceptors (Lipinski definition) is 5. The van der Waals surface area contributed by atoms with Crippen molar-refractivity contribution in [3.63, 3.8) is 0 Å². The SMILES string of the molecule is CCc1nnc(C)cc1C(=O)Cc1csc(C)n1. The first-order valence-electron chi connectivity index (χ1n) is 5.87. The summed E-state index contributed by atoms with van der Waals surface area (Å²) in [5.41, 5.74) is 3.04. The van der Waals surface area contributed by atoms with Gasteiger partial charge in [0.05, 0.1) is 28.5 Å². The van der Waals surface area contributed by atoms with Gasteiger partial charge in [0.1, 0.15) is 0 Å². The fourth-order valence-electron chi connectivity index (χ4n) is 1.77. The molecular weight excluding hydrogens is 246 g/mol. The molecule has 94 valence electrons. The predicted octanol–water partition coefficient (Wildman–Crippen LogP) is 2.54. The summed E-state index contributed by atoms with van der Waals surface area (Å²) in [4.78, 5) is 16.6. The van der Waals surface area contributed by atoms with E-state index in [-0.39, 0.29) is 5.78 Å². The summed E-state index contributed by atoms with van der Waals surface area (Å²) in [6.45, 7) is 5.76. The van der Waals surface area contributed by atoms with Gasteiger partial charge in [0.2, 0.25) is 0 Å². The molecule has 2 rings (SSSR count). The molecule has 2 aromatic heterocycles. The molecule has 0 aliphatic rings. The summed E-state index contributed by atoms with van der Waals surface area (Å²) in [5, 5.41) is 11.0. The quantitative estimate of drug-likeness (QED) is 0.794. The van der Waals surface area contributed by atoms with Gasteiger partial charge in [-0.1, -0.05) is 6.92 Å². The second kappa shape index (κ2) is 5.35. The zero-order valence-corrected chi connectivity index (χ0v) is 11.5. The number of thiazole rings is 1. The number of nitrogens with zero attached hydrogens (tertiary/aromatic N) is 3. The minimum atomic E-state index is 0.0650. The topological polar surface area (TPSA) is 55.7 Å². The molecule has 4 nitrogen and oxygen atoms in total. The van der Waals surface area contributed by atoms with Crippen LogP contribution >= 0.6 is 11.3 Å². The number of carbonyl (C=O) groups is 1. The van der Waals surface area contributed by atoms with Gasteiger partial charge in [0.25, 0.3) is 0 Å². The van der Waals surface area contributed by atoms with Gasteiger partial charge in [-0.25, -0.2) is 4.98 Å². The number of ketones is 1. The Morgan fingerprint density at radius 1 is 1.33 bits per heavy atom. The summed E-state index contributed by atoms with van der Waals surface area (Å²) in [7, 11) is 0. The van der Waals surface area contributed by atoms with Crippen molar-refractivity contribution in [3.05, 3.63) is 39.1 Å². The van der Waals surface area contributed by atoms with E-state index in [9.17, 15) is 4.79 Å². The normalized spacial score (nSPS) is 10.6. The molecule has 5 heteroatoms. The zero-order chi connectivity index (χ0) is 13.1. The van der Waals surface area contributed by atoms with Crippen LogP contribution in [0.3, 0.4) is 0 Å². The largest absolute Gasteiger partial charge is 0.294 e. The van der Waals surface area contributed by atoms with E-state index in [1.807, 2.05) is 32.2 Å². The lowest BCUT2D eigenvalue weighted by Crippen LogP contribution is -2.10. The molecule has 0 bridgehead atoms. The van der Waals surface area contributed by atoms with Crippen LogP contribution in [0.1, 0.15) is 39.4 Å². The third kappa shape index (κ3) is 2.79. The van der Waals surface area contributed by atoms with Gasteiger partial charge in [-0.3, -0.25) is 4.79 Å². The van der Waals surface area contributed by atoms with Crippen LogP contribution in [0.2, 0.25) is 0 Å². The first-order chi connectivity index (χ1) is 8.60. The van der Waals surface area contributed by atoms with Crippen molar-refractivity contribution in [1.29, 1.82) is 0 Å². The van der Waals surface area contributed by atoms with E-state index >= 15 is 0 Å². The van der Waals surface area contributed by atoms with Crippen molar-refractivity contribution >= 4 is 17.1 Å². The first-order valence-corrected chi connectivity index (χ1v) is 6.75. The van der Waals surface area contributed by atoms with Gasteiger partial charge < -0.3 is 0 Å². The lowest BCUT2D eigenvalue weighted by atomic mass is 10.0. The third-order valence-corrected chi connectivity index (χ3v) is 3.46. The third-order valence-electron chi connectivity index (χ3n) is 2.64. The fourth-order valence-corrected chi connectivity index (χ4v) is 2.38. The first kappa shape index (κ1) is 12.8. The summed E-state index contributed by atoms with van der Waals surface area (Å²) in [5.74, 6) is 0.0650. The van der Waals surface area contributed by atoms with Crippen molar-refractivity contribution in [1.82, 2.24) is 15.2 Å². The molecule has 0 aliphatic carbocycles. The minimum Gasteiger partial charge on any atom is -0.294 e. The molecule has 0 fully saturated rings. The second-order valence-corrected chi connectivity index (χ2v) is 5.22. The summed E-state index contributed by atoms with van der Waals surface area (Å²) >= 11 is 1.56. The molecular formula is C13H15N3OS. The Morgan fingerprint density at radius 3 is 2.72 bits per heavy atom. The van der Waals surface area contributed by atoms with Crippen LogP contribution in [-0.4, -0.2) is 21.0 Å². The molecule has 2 aromatic rings. The standard InChI is InChI=1S/C13H15N3OS/c1-4-12-11(5-8(2)15-16-12)13(17)6-10-7-18-9(3)14-10/h5,7H,4,6H2,1-3H3. The Hall–Kier alpha value is -1.62. The lowest BCUT2D eigenvalue weighted by Gasteiger charge is -2.05. The molecule has 0 amide bonds. The minimum absolute atomic E-state index is 0.0650. The van der Waals surface area contributed by atoms with Crippen molar-refractivity contribution in [2.45, 2.75) is 33.6 Å². The monoisotopic (exact) mass is 261 g/mol. The molecule has 0 aromatic carbocycles. The molecule has 0 saturated carbocycles. The van der Waals surface area contributed by atoms with Gasteiger partial charge in [-0.2, -0.15) is 10.2 Å². The van der Waals surface area contributed by atoms with Crippen molar-refractivity contribution in [2.75, 3.05) is 0 Å². The van der Waals surface area contributed by atoms with Crippen LogP contribution in [0, 0.1) is 13.8 Å². The number of hydrogen-bond donors (Lipinski definition) is 0. The highest BCUT2D eigenvalue weighted by Crippen LogP contribution is 2.14. The maximum absolute atomic E-state index is 12.3. The number of aryl methyl sites for hydroxylation is 3. The Morgan fingerprint density at radius 2 is 2.11 bits per heavy atom. The summed E-state index contributed by atoms with van der Waals surface area (Å²) in [6, 6.07) is 1.81. The van der Waals surface area contributed by atoms with Gasteiger partial charge in [0.15, 0.2) is 5.78 Å². The number of aromatic nitrogens is 3. The Bertz CT molecular complexity index is 577. The van der Waals surface area contributed by atoms with Gasteiger partial charge >= 0.3 is 0 Å². The van der Waals surface area contributed by atoms with E-state index in [1.54, 1.807) is 11.3 Å². The van der Waals surface area contributed by atoms with Crippen LogP contribution in [0.5, 0.6) is 0 Å². The van der Waals surface area contributed by atoms with Crippen LogP contribution < -0.4 is 0 Å².